The Morgan fingerprint density at radius 2 is 1.84 bits per heavy atom. The van der Waals surface area contributed by atoms with Gasteiger partial charge in [-0.3, -0.25) is 0 Å². The monoisotopic (exact) mass is 297 g/mol. The quantitative estimate of drug-likeness (QED) is 0.883. The van der Waals surface area contributed by atoms with Gasteiger partial charge in [-0.1, -0.05) is 35.3 Å². The molecule has 0 aliphatic heterocycles. The molecule has 100 valence electrons. The van der Waals surface area contributed by atoms with Crippen molar-refractivity contribution in [2.24, 2.45) is 0 Å². The molecule has 0 bridgehead atoms. The standard InChI is InChI=1S/C14H13Cl2NO2/c1-19-13-4-2-3-9(14(13)18)8-17-12-6-10(15)5-11(16)7-12/h2-7,17-18H,8H2,1H3. The molecule has 2 N–H and O–H groups in total. The summed E-state index contributed by atoms with van der Waals surface area (Å²) in [7, 11) is 1.52. The van der Waals surface area contributed by atoms with E-state index in [-0.39, 0.29) is 5.75 Å². The van der Waals surface area contributed by atoms with Crippen molar-refractivity contribution in [3.05, 3.63) is 52.0 Å². The van der Waals surface area contributed by atoms with E-state index >= 15 is 0 Å². The van der Waals surface area contributed by atoms with Gasteiger partial charge in [0.15, 0.2) is 11.5 Å². The van der Waals surface area contributed by atoms with E-state index in [4.69, 9.17) is 27.9 Å². The van der Waals surface area contributed by atoms with Crippen molar-refractivity contribution in [2.45, 2.75) is 6.54 Å². The number of rotatable bonds is 4. The lowest BCUT2D eigenvalue weighted by atomic mass is 10.2. The first-order valence-electron chi connectivity index (χ1n) is 5.65. The predicted molar refractivity (Wildman–Crippen MR) is 78.4 cm³/mol. The van der Waals surface area contributed by atoms with Crippen LogP contribution in [0.2, 0.25) is 10.0 Å². The van der Waals surface area contributed by atoms with Crippen LogP contribution in [0, 0.1) is 0 Å². The van der Waals surface area contributed by atoms with Crippen LogP contribution in [0.3, 0.4) is 0 Å². The molecule has 2 aromatic rings. The maximum Gasteiger partial charge on any atom is 0.162 e. The zero-order valence-corrected chi connectivity index (χ0v) is 11.8. The van der Waals surface area contributed by atoms with Crippen LogP contribution in [0.4, 0.5) is 5.69 Å². The molecule has 0 saturated heterocycles. The summed E-state index contributed by atoms with van der Waals surface area (Å²) in [6.45, 7) is 0.444. The fourth-order valence-electron chi connectivity index (χ4n) is 1.73. The van der Waals surface area contributed by atoms with Crippen molar-refractivity contribution in [1.82, 2.24) is 0 Å². The Labute approximate surface area is 121 Å². The van der Waals surface area contributed by atoms with E-state index in [1.807, 2.05) is 12.1 Å². The lowest BCUT2D eigenvalue weighted by Crippen LogP contribution is -2.00. The fraction of sp³-hybridized carbons (Fsp3) is 0.143. The molecule has 0 atom stereocenters. The van der Waals surface area contributed by atoms with Crippen LogP contribution in [0.1, 0.15) is 5.56 Å². The van der Waals surface area contributed by atoms with Crippen LogP contribution in [-0.2, 0) is 6.54 Å². The van der Waals surface area contributed by atoms with E-state index in [1.54, 1.807) is 24.3 Å². The van der Waals surface area contributed by atoms with Crippen LogP contribution in [-0.4, -0.2) is 12.2 Å². The molecule has 0 radical (unpaired) electrons. The summed E-state index contributed by atoms with van der Waals surface area (Å²) < 4.78 is 5.06. The number of para-hydroxylation sites is 1. The number of nitrogens with one attached hydrogen (secondary N) is 1. The first-order valence-corrected chi connectivity index (χ1v) is 6.40. The summed E-state index contributed by atoms with van der Waals surface area (Å²) in [6, 6.07) is 10.5. The largest absolute Gasteiger partial charge is 0.504 e. The lowest BCUT2D eigenvalue weighted by Gasteiger charge is -2.11. The van der Waals surface area contributed by atoms with Gasteiger partial charge in [-0.15, -0.1) is 0 Å². The Morgan fingerprint density at radius 3 is 2.47 bits per heavy atom. The zero-order valence-electron chi connectivity index (χ0n) is 10.3. The molecular formula is C14H13Cl2NO2. The van der Waals surface area contributed by atoms with E-state index in [2.05, 4.69) is 5.32 Å². The molecule has 3 nitrogen and oxygen atoms in total. The third kappa shape index (κ3) is 3.46. The fourth-order valence-corrected chi connectivity index (χ4v) is 2.25. The van der Waals surface area contributed by atoms with Crippen molar-refractivity contribution >= 4 is 28.9 Å². The SMILES string of the molecule is COc1cccc(CNc2cc(Cl)cc(Cl)c2)c1O. The molecule has 2 rings (SSSR count). The number of aromatic hydroxyl groups is 1. The highest BCUT2D eigenvalue weighted by atomic mass is 35.5. The van der Waals surface area contributed by atoms with E-state index in [9.17, 15) is 5.11 Å². The summed E-state index contributed by atoms with van der Waals surface area (Å²) in [5, 5.41) is 14.2. The topological polar surface area (TPSA) is 41.5 Å². The Bertz CT molecular complexity index is 567. The number of halogens is 2. The highest BCUT2D eigenvalue weighted by molar-refractivity contribution is 6.35. The lowest BCUT2D eigenvalue weighted by molar-refractivity contribution is 0.371. The molecule has 2 aromatic carbocycles. The molecule has 5 heteroatoms. The maximum absolute atomic E-state index is 9.96. The number of benzene rings is 2. The molecule has 0 aromatic heterocycles. The van der Waals surface area contributed by atoms with Crippen molar-refractivity contribution in [3.8, 4) is 11.5 Å². The second kappa shape index (κ2) is 6.04. The number of methoxy groups -OCH3 is 1. The van der Waals surface area contributed by atoms with Gasteiger partial charge in [-0.05, 0) is 24.3 Å². The van der Waals surface area contributed by atoms with Crippen LogP contribution in [0.25, 0.3) is 0 Å². The molecule has 0 spiro atoms. The summed E-state index contributed by atoms with van der Waals surface area (Å²) in [5.74, 6) is 0.578. The second-order valence-electron chi connectivity index (χ2n) is 3.98. The van der Waals surface area contributed by atoms with Crippen molar-refractivity contribution in [1.29, 1.82) is 0 Å². The van der Waals surface area contributed by atoms with Gasteiger partial charge in [0.1, 0.15) is 0 Å². The van der Waals surface area contributed by atoms with Crippen molar-refractivity contribution < 1.29 is 9.84 Å². The van der Waals surface area contributed by atoms with E-state index in [1.165, 1.54) is 7.11 Å². The number of phenolic OH excluding ortho intramolecular Hbond substituents is 1. The Hall–Kier alpha value is -1.58. The molecule has 0 amide bonds. The van der Waals surface area contributed by atoms with Crippen molar-refractivity contribution in [3.63, 3.8) is 0 Å². The van der Waals surface area contributed by atoms with Gasteiger partial charge in [-0.25, -0.2) is 0 Å². The van der Waals surface area contributed by atoms with E-state index < -0.39 is 0 Å². The van der Waals surface area contributed by atoms with Crippen LogP contribution in [0.15, 0.2) is 36.4 Å². The Kier molecular flexibility index (Phi) is 4.40. The average molecular weight is 298 g/mol. The van der Waals surface area contributed by atoms with E-state index in [0.717, 1.165) is 11.3 Å². The molecular weight excluding hydrogens is 285 g/mol. The first kappa shape index (κ1) is 13.8. The molecule has 0 saturated carbocycles. The number of anilines is 1. The van der Waals surface area contributed by atoms with Gasteiger partial charge < -0.3 is 15.2 Å². The highest BCUT2D eigenvalue weighted by Gasteiger charge is 2.07. The average Bonchev–Trinajstić information content (AvgIpc) is 2.36. The molecule has 0 aliphatic carbocycles. The third-order valence-corrected chi connectivity index (χ3v) is 3.08. The van der Waals surface area contributed by atoms with Crippen molar-refractivity contribution in [2.75, 3.05) is 12.4 Å². The number of phenols is 1. The third-order valence-electron chi connectivity index (χ3n) is 2.65. The van der Waals surface area contributed by atoms with Gasteiger partial charge in [0.25, 0.3) is 0 Å². The van der Waals surface area contributed by atoms with Crippen LogP contribution < -0.4 is 10.1 Å². The summed E-state index contributed by atoms with van der Waals surface area (Å²) >= 11 is 11.8. The minimum Gasteiger partial charge on any atom is -0.504 e. The predicted octanol–water partition coefficient (Wildman–Crippen LogP) is 4.32. The summed E-state index contributed by atoms with van der Waals surface area (Å²) in [6.07, 6.45) is 0. The van der Waals surface area contributed by atoms with Crippen LogP contribution in [0.5, 0.6) is 11.5 Å². The van der Waals surface area contributed by atoms with Crippen LogP contribution >= 0.6 is 23.2 Å². The zero-order chi connectivity index (χ0) is 13.8. The molecule has 0 unspecified atom stereocenters. The van der Waals surface area contributed by atoms with E-state index in [0.29, 0.717) is 22.3 Å². The summed E-state index contributed by atoms with van der Waals surface area (Å²) in [5.41, 5.74) is 1.52. The Balaban J connectivity index is 2.14. The number of hydrogen-bond donors (Lipinski definition) is 2. The number of hydrogen-bond acceptors (Lipinski definition) is 3. The maximum atomic E-state index is 9.96. The Morgan fingerprint density at radius 1 is 1.16 bits per heavy atom. The van der Waals surface area contributed by atoms with Gasteiger partial charge in [0, 0.05) is 27.8 Å². The highest BCUT2D eigenvalue weighted by Crippen LogP contribution is 2.30. The summed E-state index contributed by atoms with van der Waals surface area (Å²) in [4.78, 5) is 0. The first-order chi connectivity index (χ1) is 9.10. The molecule has 0 aliphatic rings. The normalized spacial score (nSPS) is 10.3. The number of ether oxygens (including phenoxy) is 1. The van der Waals surface area contributed by atoms with Gasteiger partial charge in [0.2, 0.25) is 0 Å². The molecule has 0 heterocycles. The van der Waals surface area contributed by atoms with Gasteiger partial charge in [0.05, 0.1) is 7.11 Å². The molecule has 19 heavy (non-hydrogen) atoms. The molecule has 0 fully saturated rings. The van der Waals surface area contributed by atoms with Gasteiger partial charge >= 0.3 is 0 Å². The smallest absolute Gasteiger partial charge is 0.162 e. The minimum atomic E-state index is 0.130. The minimum absolute atomic E-state index is 0.130. The van der Waals surface area contributed by atoms with Gasteiger partial charge in [-0.2, -0.15) is 0 Å². The second-order valence-corrected chi connectivity index (χ2v) is 4.85.